The molecule has 10 heteroatoms. The molecule has 0 saturated heterocycles. The molecule has 3 rings (SSSR count). The first-order valence-corrected chi connectivity index (χ1v) is 11.3. The molecular formula is C24H31FN6O3. The van der Waals surface area contributed by atoms with E-state index in [1.165, 1.54) is 4.90 Å². The fourth-order valence-corrected chi connectivity index (χ4v) is 3.40. The zero-order chi connectivity index (χ0) is 24.7. The predicted molar refractivity (Wildman–Crippen MR) is 128 cm³/mol. The predicted octanol–water partition coefficient (Wildman–Crippen LogP) is 4.54. The van der Waals surface area contributed by atoms with Gasteiger partial charge in [-0.2, -0.15) is 0 Å². The van der Waals surface area contributed by atoms with Gasteiger partial charge in [-0.1, -0.05) is 19.4 Å². The maximum absolute atomic E-state index is 14.6. The summed E-state index contributed by atoms with van der Waals surface area (Å²) < 4.78 is 20.1. The van der Waals surface area contributed by atoms with Crippen LogP contribution >= 0.6 is 0 Å². The van der Waals surface area contributed by atoms with Gasteiger partial charge < -0.3 is 19.9 Å². The summed E-state index contributed by atoms with van der Waals surface area (Å²) in [4.78, 5) is 39.6. The van der Waals surface area contributed by atoms with Crippen molar-refractivity contribution in [1.82, 2.24) is 19.9 Å². The Morgan fingerprint density at radius 1 is 1.32 bits per heavy atom. The summed E-state index contributed by atoms with van der Waals surface area (Å²) in [6.45, 7) is 8.72. The van der Waals surface area contributed by atoms with E-state index in [0.29, 0.717) is 36.5 Å². The number of carbonyl (C=O) groups is 2. The Balaban J connectivity index is 1.77. The number of aromatic nitrogens is 3. The Hall–Kier alpha value is -3.56. The number of pyridine rings is 1. The summed E-state index contributed by atoms with van der Waals surface area (Å²) >= 11 is 0. The molecule has 0 atom stereocenters. The number of nitrogens with zero attached hydrogens (tertiary/aromatic N) is 5. The van der Waals surface area contributed by atoms with Gasteiger partial charge in [0.25, 0.3) is 0 Å². The number of carbonyl (C=O) groups excluding carboxylic acids is 2. The Morgan fingerprint density at radius 2 is 2.12 bits per heavy atom. The van der Waals surface area contributed by atoms with Crippen LogP contribution in [-0.4, -0.2) is 57.6 Å². The Morgan fingerprint density at radius 3 is 2.82 bits per heavy atom. The topological polar surface area (TPSA) is 101 Å². The molecule has 0 aliphatic carbocycles. The van der Waals surface area contributed by atoms with Crippen molar-refractivity contribution in [2.24, 2.45) is 0 Å². The highest BCUT2D eigenvalue weighted by Gasteiger charge is 2.26. The number of anilines is 3. The number of hydrogen-bond donors (Lipinski definition) is 1. The number of unbranched alkanes of at least 4 members (excludes halogenated alkanes) is 1. The van der Waals surface area contributed by atoms with Gasteiger partial charge in [-0.05, 0) is 45.3 Å². The maximum atomic E-state index is 14.6. The summed E-state index contributed by atoms with van der Waals surface area (Å²) in [5.41, 5.74) is 1.28. The third-order valence-corrected chi connectivity index (χ3v) is 5.04. The van der Waals surface area contributed by atoms with Crippen LogP contribution in [-0.2, 0) is 9.53 Å². The van der Waals surface area contributed by atoms with Crippen LogP contribution < -0.4 is 10.2 Å². The van der Waals surface area contributed by atoms with E-state index in [-0.39, 0.29) is 18.2 Å². The molecule has 2 aromatic rings. The van der Waals surface area contributed by atoms with Crippen LogP contribution in [0.5, 0.6) is 0 Å². The third-order valence-electron chi connectivity index (χ3n) is 5.04. The van der Waals surface area contributed by atoms with Crippen molar-refractivity contribution < 1.29 is 18.7 Å². The summed E-state index contributed by atoms with van der Waals surface area (Å²) in [7, 11) is 0. The second-order valence-corrected chi connectivity index (χ2v) is 9.02. The smallest absolute Gasteiger partial charge is 0.410 e. The van der Waals surface area contributed by atoms with Gasteiger partial charge in [0.15, 0.2) is 5.82 Å². The Labute approximate surface area is 199 Å². The van der Waals surface area contributed by atoms with Crippen LogP contribution in [0, 0.1) is 5.82 Å². The van der Waals surface area contributed by atoms with E-state index in [2.05, 4.69) is 27.2 Å². The highest BCUT2D eigenvalue weighted by atomic mass is 19.1. The second kappa shape index (κ2) is 11.0. The van der Waals surface area contributed by atoms with Crippen molar-refractivity contribution in [2.45, 2.75) is 52.6 Å². The number of rotatable bonds is 8. The van der Waals surface area contributed by atoms with E-state index in [1.54, 1.807) is 44.1 Å². The normalized spacial score (nSPS) is 13.8. The lowest BCUT2D eigenvalue weighted by atomic mass is 10.1. The van der Waals surface area contributed by atoms with Gasteiger partial charge in [0.2, 0.25) is 12.4 Å². The first-order chi connectivity index (χ1) is 16.2. The van der Waals surface area contributed by atoms with Gasteiger partial charge in [-0.3, -0.25) is 9.78 Å². The highest BCUT2D eigenvalue weighted by molar-refractivity contribution is 5.77. The molecule has 0 fully saturated rings. The molecule has 2 amide bonds. The SMILES string of the molecule is CCCCN(C=O)c1cncc(Nc2ncc(F)c(C3=CCCN(C(=O)OC(C)(C)C)C3)n2)c1. The molecule has 0 saturated carbocycles. The van der Waals surface area contributed by atoms with Gasteiger partial charge in [0.1, 0.15) is 11.3 Å². The molecule has 0 unspecified atom stereocenters. The summed E-state index contributed by atoms with van der Waals surface area (Å²) in [6, 6.07) is 1.76. The highest BCUT2D eigenvalue weighted by Crippen LogP contribution is 2.25. The number of hydrogen-bond acceptors (Lipinski definition) is 7. The van der Waals surface area contributed by atoms with Crippen LogP contribution in [0.1, 0.15) is 52.7 Å². The molecule has 34 heavy (non-hydrogen) atoms. The standard InChI is InChI=1S/C24H31FN6O3/c1-5-6-9-31(16-32)19-11-18(12-26-13-19)28-22-27-14-20(25)21(29-22)17-8-7-10-30(15-17)23(33)34-24(2,3)4/h8,11-14,16H,5-7,9-10,15H2,1-4H3,(H,27,28,29). The molecule has 3 heterocycles. The first kappa shape index (κ1) is 25.1. The largest absolute Gasteiger partial charge is 0.444 e. The van der Waals surface area contributed by atoms with Crippen LogP contribution in [0.25, 0.3) is 5.57 Å². The van der Waals surface area contributed by atoms with E-state index < -0.39 is 17.5 Å². The number of ether oxygens (including phenoxy) is 1. The van der Waals surface area contributed by atoms with Crippen LogP contribution in [0.4, 0.5) is 26.5 Å². The average Bonchev–Trinajstić information content (AvgIpc) is 2.80. The molecule has 2 aromatic heterocycles. The average molecular weight is 471 g/mol. The van der Waals surface area contributed by atoms with Crippen LogP contribution in [0.2, 0.25) is 0 Å². The van der Waals surface area contributed by atoms with E-state index in [0.717, 1.165) is 25.4 Å². The van der Waals surface area contributed by atoms with Crippen molar-refractivity contribution in [3.05, 3.63) is 42.2 Å². The molecule has 1 aliphatic heterocycles. The zero-order valence-corrected chi connectivity index (χ0v) is 20.0. The van der Waals surface area contributed by atoms with Crippen molar-refractivity contribution in [3.8, 4) is 0 Å². The number of nitrogens with one attached hydrogen (secondary N) is 1. The van der Waals surface area contributed by atoms with Crippen molar-refractivity contribution in [2.75, 3.05) is 29.9 Å². The van der Waals surface area contributed by atoms with Gasteiger partial charge in [-0.25, -0.2) is 19.2 Å². The van der Waals surface area contributed by atoms with E-state index in [1.807, 2.05) is 6.08 Å². The lowest BCUT2D eigenvalue weighted by molar-refractivity contribution is -0.107. The van der Waals surface area contributed by atoms with Crippen LogP contribution in [0.3, 0.4) is 0 Å². The lowest BCUT2D eigenvalue weighted by Gasteiger charge is -2.30. The quantitative estimate of drug-likeness (QED) is 0.565. The van der Waals surface area contributed by atoms with Crippen molar-refractivity contribution in [3.63, 3.8) is 0 Å². The van der Waals surface area contributed by atoms with E-state index in [9.17, 15) is 14.0 Å². The van der Waals surface area contributed by atoms with Crippen molar-refractivity contribution >= 4 is 35.4 Å². The molecule has 0 aromatic carbocycles. The molecule has 182 valence electrons. The van der Waals surface area contributed by atoms with Gasteiger partial charge >= 0.3 is 6.09 Å². The van der Waals surface area contributed by atoms with Crippen LogP contribution in [0.15, 0.2) is 30.7 Å². The summed E-state index contributed by atoms with van der Waals surface area (Å²) in [5, 5.41) is 3.02. The summed E-state index contributed by atoms with van der Waals surface area (Å²) in [6.07, 6.45) is 8.85. The van der Waals surface area contributed by atoms with Gasteiger partial charge in [0, 0.05) is 13.1 Å². The number of halogens is 1. The third kappa shape index (κ3) is 6.72. The Kier molecular flexibility index (Phi) is 8.14. The lowest BCUT2D eigenvalue weighted by Crippen LogP contribution is -2.39. The van der Waals surface area contributed by atoms with Gasteiger partial charge in [0.05, 0.1) is 36.5 Å². The minimum absolute atomic E-state index is 0.118. The van der Waals surface area contributed by atoms with Crippen molar-refractivity contribution in [1.29, 1.82) is 0 Å². The summed E-state index contributed by atoms with van der Waals surface area (Å²) in [5.74, 6) is -0.404. The number of amides is 2. The fraction of sp³-hybridized carbons (Fsp3) is 0.458. The second-order valence-electron chi connectivity index (χ2n) is 9.02. The molecule has 0 spiro atoms. The monoisotopic (exact) mass is 470 g/mol. The zero-order valence-electron chi connectivity index (χ0n) is 20.0. The maximum Gasteiger partial charge on any atom is 0.410 e. The first-order valence-electron chi connectivity index (χ1n) is 11.3. The molecule has 9 nitrogen and oxygen atoms in total. The molecule has 0 bridgehead atoms. The Bertz CT molecular complexity index is 1050. The van der Waals surface area contributed by atoms with Gasteiger partial charge in [-0.15, -0.1) is 0 Å². The van der Waals surface area contributed by atoms with E-state index in [4.69, 9.17) is 4.74 Å². The van der Waals surface area contributed by atoms with E-state index >= 15 is 0 Å². The molecular weight excluding hydrogens is 439 g/mol. The molecule has 1 aliphatic rings. The molecule has 1 N–H and O–H groups in total. The fourth-order valence-electron chi connectivity index (χ4n) is 3.40. The minimum atomic E-state index is -0.617. The minimum Gasteiger partial charge on any atom is -0.444 e. The molecule has 0 radical (unpaired) electrons.